The average molecular weight is 305 g/mol. The molecule has 0 saturated carbocycles. The minimum absolute atomic E-state index is 0.0505. The molecule has 19 heavy (non-hydrogen) atoms. The van der Waals surface area contributed by atoms with Crippen molar-refractivity contribution in [1.82, 2.24) is 0 Å². The van der Waals surface area contributed by atoms with Gasteiger partial charge in [0.2, 0.25) is 5.13 Å². The van der Waals surface area contributed by atoms with E-state index in [0.717, 1.165) is 0 Å². The molecule has 0 radical (unpaired) electrons. The van der Waals surface area contributed by atoms with Crippen LogP contribution in [0.3, 0.4) is 0 Å². The van der Waals surface area contributed by atoms with Crippen LogP contribution >= 0.6 is 11.6 Å². The summed E-state index contributed by atoms with van der Waals surface area (Å²) in [6.07, 6.45) is 1.57. The monoisotopic (exact) mass is 304 g/mol. The van der Waals surface area contributed by atoms with E-state index >= 15 is 0 Å². The largest absolute Gasteiger partial charge is 0.396 e. The summed E-state index contributed by atoms with van der Waals surface area (Å²) >= 11 is 5.11. The lowest BCUT2D eigenvalue weighted by atomic mass is 9.92. The van der Waals surface area contributed by atoms with E-state index < -0.39 is 17.0 Å². The normalized spacial score (nSPS) is 18.9. The first-order valence-corrected chi connectivity index (χ1v) is 7.02. The fourth-order valence-corrected chi connectivity index (χ4v) is 1.98. The molecule has 0 heterocycles. The molecule has 0 amide bonds. The fraction of sp³-hybridized carbons (Fsp3) is 1.00. The van der Waals surface area contributed by atoms with E-state index in [2.05, 4.69) is 0 Å². The number of rotatable bonds is 10. The number of alkyl halides is 4. The summed E-state index contributed by atoms with van der Waals surface area (Å²) < 4.78 is 46.1. The Labute approximate surface area is 118 Å². The first-order chi connectivity index (χ1) is 8.66. The Bertz CT molecular complexity index is 245. The zero-order valence-corrected chi connectivity index (χ0v) is 12.5. The first kappa shape index (κ1) is 19.0. The number of aliphatic hydroxyl groups excluding tert-OH is 1. The summed E-state index contributed by atoms with van der Waals surface area (Å²) in [5.74, 6) is -4.81. The van der Waals surface area contributed by atoms with Gasteiger partial charge in [-0.3, -0.25) is 0 Å². The van der Waals surface area contributed by atoms with Gasteiger partial charge >= 0.3 is 0 Å². The van der Waals surface area contributed by atoms with Crippen molar-refractivity contribution in [3.8, 4) is 0 Å². The van der Waals surface area contributed by atoms with Gasteiger partial charge in [-0.1, -0.05) is 25.4 Å². The Morgan fingerprint density at radius 3 is 2.26 bits per heavy atom. The standard InChI is InChI=1S/C13H24ClF3O2/c1-4-11(19-8-6-5-7-18)9-10(2)13(16,17)12(3,14)15/h10-11,18H,4-9H2,1-3H3. The number of ether oxygens (including phenoxy) is 1. The van der Waals surface area contributed by atoms with Crippen LogP contribution < -0.4 is 0 Å². The van der Waals surface area contributed by atoms with Crippen LogP contribution in [0.15, 0.2) is 0 Å². The fourth-order valence-electron chi connectivity index (χ4n) is 1.79. The third kappa shape index (κ3) is 6.32. The molecule has 0 fully saturated rings. The number of halogens is 4. The maximum absolute atomic E-state index is 13.7. The van der Waals surface area contributed by atoms with E-state index in [-0.39, 0.29) is 19.1 Å². The Balaban J connectivity index is 4.30. The topological polar surface area (TPSA) is 29.5 Å². The Hall–Kier alpha value is -0.0000000000000000416. The SMILES string of the molecule is CCC(CC(C)C(F)(F)C(C)(F)Cl)OCCCCO. The van der Waals surface area contributed by atoms with Gasteiger partial charge in [-0.25, -0.2) is 13.2 Å². The zero-order valence-electron chi connectivity index (χ0n) is 11.8. The summed E-state index contributed by atoms with van der Waals surface area (Å²) in [4.78, 5) is 0. The van der Waals surface area contributed by atoms with Crippen molar-refractivity contribution in [2.24, 2.45) is 5.92 Å². The van der Waals surface area contributed by atoms with Crippen LogP contribution in [0.2, 0.25) is 0 Å². The summed E-state index contributed by atoms with van der Waals surface area (Å²) in [6.45, 7) is 4.27. The average Bonchev–Trinajstić information content (AvgIpc) is 2.31. The van der Waals surface area contributed by atoms with Crippen molar-refractivity contribution in [3.63, 3.8) is 0 Å². The highest BCUT2D eigenvalue weighted by Gasteiger charge is 2.54. The molecule has 0 aliphatic carbocycles. The Morgan fingerprint density at radius 1 is 1.26 bits per heavy atom. The highest BCUT2D eigenvalue weighted by molar-refractivity contribution is 6.23. The van der Waals surface area contributed by atoms with Gasteiger partial charge in [0.15, 0.2) is 0 Å². The molecule has 2 nitrogen and oxygen atoms in total. The van der Waals surface area contributed by atoms with Crippen LogP contribution in [0.4, 0.5) is 13.2 Å². The summed E-state index contributed by atoms with van der Waals surface area (Å²) in [5.41, 5.74) is 0. The molecule has 0 spiro atoms. The van der Waals surface area contributed by atoms with Crippen LogP contribution in [-0.4, -0.2) is 35.5 Å². The van der Waals surface area contributed by atoms with Crippen molar-refractivity contribution in [1.29, 1.82) is 0 Å². The lowest BCUT2D eigenvalue weighted by molar-refractivity contribution is -0.138. The van der Waals surface area contributed by atoms with Crippen molar-refractivity contribution in [2.75, 3.05) is 13.2 Å². The highest BCUT2D eigenvalue weighted by Crippen LogP contribution is 2.43. The predicted octanol–water partition coefficient (Wildman–Crippen LogP) is 4.14. The molecule has 1 N–H and O–H groups in total. The molecule has 0 aliphatic rings. The molecule has 0 aromatic heterocycles. The molecule has 3 unspecified atom stereocenters. The lowest BCUT2D eigenvalue weighted by Crippen LogP contribution is -2.43. The van der Waals surface area contributed by atoms with Crippen molar-refractivity contribution >= 4 is 11.6 Å². The van der Waals surface area contributed by atoms with E-state index in [1.54, 1.807) is 0 Å². The molecular formula is C13H24ClF3O2. The summed E-state index contributed by atoms with van der Waals surface area (Å²) in [6, 6.07) is 0. The lowest BCUT2D eigenvalue weighted by Gasteiger charge is -2.32. The highest BCUT2D eigenvalue weighted by atomic mass is 35.5. The van der Waals surface area contributed by atoms with Crippen LogP contribution in [0.1, 0.15) is 46.5 Å². The molecule has 0 rings (SSSR count). The van der Waals surface area contributed by atoms with Gasteiger partial charge in [-0.15, -0.1) is 0 Å². The smallest absolute Gasteiger partial charge is 0.297 e. The van der Waals surface area contributed by atoms with Gasteiger partial charge in [-0.05, 0) is 32.6 Å². The second-order valence-corrected chi connectivity index (χ2v) is 5.69. The molecule has 0 aliphatic heterocycles. The van der Waals surface area contributed by atoms with Gasteiger partial charge in [0, 0.05) is 19.1 Å². The Kier molecular flexibility index (Phi) is 8.32. The van der Waals surface area contributed by atoms with Crippen LogP contribution in [0.25, 0.3) is 0 Å². The van der Waals surface area contributed by atoms with E-state index in [1.807, 2.05) is 6.92 Å². The molecule has 0 saturated heterocycles. The molecular weight excluding hydrogens is 281 g/mol. The maximum atomic E-state index is 13.7. The molecule has 116 valence electrons. The number of unbranched alkanes of at least 4 members (excludes halogenated alkanes) is 1. The van der Waals surface area contributed by atoms with Gasteiger partial charge in [0.1, 0.15) is 0 Å². The van der Waals surface area contributed by atoms with E-state index in [0.29, 0.717) is 32.8 Å². The predicted molar refractivity (Wildman–Crippen MR) is 70.4 cm³/mol. The van der Waals surface area contributed by atoms with Crippen molar-refractivity contribution in [3.05, 3.63) is 0 Å². The van der Waals surface area contributed by atoms with Gasteiger partial charge in [0.05, 0.1) is 6.10 Å². The van der Waals surface area contributed by atoms with Crippen molar-refractivity contribution in [2.45, 2.75) is 63.6 Å². The third-order valence-corrected chi connectivity index (χ3v) is 3.43. The molecule has 0 aromatic carbocycles. The van der Waals surface area contributed by atoms with Gasteiger partial charge in [0.25, 0.3) is 5.92 Å². The first-order valence-electron chi connectivity index (χ1n) is 6.64. The minimum Gasteiger partial charge on any atom is -0.396 e. The van der Waals surface area contributed by atoms with E-state index in [4.69, 9.17) is 21.4 Å². The van der Waals surface area contributed by atoms with Crippen LogP contribution in [0.5, 0.6) is 0 Å². The summed E-state index contributed by atoms with van der Waals surface area (Å²) in [7, 11) is 0. The summed E-state index contributed by atoms with van der Waals surface area (Å²) in [5, 5.41) is 5.57. The number of hydrogen-bond acceptors (Lipinski definition) is 2. The van der Waals surface area contributed by atoms with Crippen LogP contribution in [0, 0.1) is 5.92 Å². The third-order valence-electron chi connectivity index (χ3n) is 3.18. The number of hydrogen-bond donors (Lipinski definition) is 1. The van der Waals surface area contributed by atoms with E-state index in [1.165, 1.54) is 6.92 Å². The quantitative estimate of drug-likeness (QED) is 0.485. The molecule has 6 heteroatoms. The van der Waals surface area contributed by atoms with Crippen molar-refractivity contribution < 1.29 is 23.0 Å². The van der Waals surface area contributed by atoms with E-state index in [9.17, 15) is 13.2 Å². The second-order valence-electron chi connectivity index (χ2n) is 4.98. The van der Waals surface area contributed by atoms with Gasteiger partial charge in [-0.2, -0.15) is 0 Å². The van der Waals surface area contributed by atoms with Crippen LogP contribution in [-0.2, 0) is 4.74 Å². The zero-order chi connectivity index (χ0) is 15.1. The maximum Gasteiger partial charge on any atom is 0.297 e. The second kappa shape index (κ2) is 8.32. The van der Waals surface area contributed by atoms with Gasteiger partial charge < -0.3 is 9.84 Å². The molecule has 0 bridgehead atoms. The molecule has 3 atom stereocenters. The number of aliphatic hydroxyl groups is 1. The molecule has 0 aromatic rings. The minimum atomic E-state index is -3.60. The Morgan fingerprint density at radius 2 is 1.84 bits per heavy atom.